The highest BCUT2D eigenvalue weighted by atomic mass is 33.2. The van der Waals surface area contributed by atoms with Crippen LogP contribution in [0.1, 0.15) is 47.0 Å². The third-order valence-electron chi connectivity index (χ3n) is 3.63. The number of rotatable bonds is 10. The van der Waals surface area contributed by atoms with Crippen LogP contribution in [0.25, 0.3) is 0 Å². The van der Waals surface area contributed by atoms with Gasteiger partial charge in [-0.05, 0) is 33.1 Å². The molecule has 0 aromatic rings. The molecule has 23 heavy (non-hydrogen) atoms. The minimum atomic E-state index is -4.55. The minimum absolute atomic E-state index is 0.0995. The Morgan fingerprint density at radius 2 is 0.870 bits per heavy atom. The molecule has 0 fully saturated rings. The van der Waals surface area contributed by atoms with Crippen LogP contribution in [-0.2, 0) is 35.5 Å². The smallest absolute Gasteiger partial charge is 0.213 e. The Hall–Kier alpha value is -0.200. The van der Waals surface area contributed by atoms with E-state index >= 15 is 0 Å². The van der Waals surface area contributed by atoms with Crippen molar-refractivity contribution in [2.75, 3.05) is 11.5 Å². The van der Waals surface area contributed by atoms with Gasteiger partial charge in [-0.2, -0.15) is 0 Å². The van der Waals surface area contributed by atoms with Crippen molar-refractivity contribution in [1.29, 1.82) is 0 Å². The zero-order chi connectivity index (χ0) is 18.7. The first-order valence-electron chi connectivity index (χ1n) is 7.10. The zero-order valence-electron chi connectivity index (χ0n) is 13.6. The molecule has 0 bridgehead atoms. The van der Waals surface area contributed by atoms with E-state index in [9.17, 15) is 33.7 Å². The summed E-state index contributed by atoms with van der Waals surface area (Å²) in [4.78, 5) is 0. The molecule has 0 saturated heterocycles. The molecule has 2 atom stereocenters. The molecule has 0 aromatic heterocycles. The van der Waals surface area contributed by atoms with Crippen LogP contribution < -0.4 is 0 Å². The summed E-state index contributed by atoms with van der Waals surface area (Å²) >= 11 is 0. The predicted molar refractivity (Wildman–Crippen MR) is 89.5 cm³/mol. The third-order valence-corrected chi connectivity index (χ3v) is 16.5. The van der Waals surface area contributed by atoms with Gasteiger partial charge in [0.1, 0.15) is 0 Å². The van der Waals surface area contributed by atoms with E-state index in [-0.39, 0.29) is 12.8 Å². The second-order valence-electron chi connectivity index (χ2n) is 5.30. The molecule has 0 heterocycles. The van der Waals surface area contributed by atoms with Gasteiger partial charge in [0.2, 0.25) is 0 Å². The molecule has 8 nitrogen and oxygen atoms in total. The van der Waals surface area contributed by atoms with Crippen LogP contribution in [0.5, 0.6) is 0 Å². The average Bonchev–Trinajstić information content (AvgIpc) is 2.44. The fourth-order valence-electron chi connectivity index (χ4n) is 1.55. The minimum Gasteiger partial charge on any atom is -0.213 e. The van der Waals surface area contributed by atoms with E-state index < -0.39 is 63.9 Å². The molecule has 0 saturated carbocycles. The molecule has 0 aliphatic heterocycles. The molecule has 0 N–H and O–H groups in total. The van der Waals surface area contributed by atoms with E-state index in [4.69, 9.17) is 0 Å². The molecule has 0 aliphatic rings. The lowest BCUT2D eigenvalue weighted by Crippen LogP contribution is -2.31. The van der Waals surface area contributed by atoms with Crippen molar-refractivity contribution >= 4 is 35.5 Å². The lowest BCUT2D eigenvalue weighted by molar-refractivity contribution is 0.570. The molecule has 0 amide bonds. The lowest BCUT2D eigenvalue weighted by Gasteiger charge is -2.13. The van der Waals surface area contributed by atoms with Gasteiger partial charge >= 0.3 is 0 Å². The van der Waals surface area contributed by atoms with Gasteiger partial charge in [0.05, 0.1) is 22.0 Å². The van der Waals surface area contributed by atoms with Crippen molar-refractivity contribution < 1.29 is 33.7 Å². The van der Waals surface area contributed by atoms with E-state index in [2.05, 4.69) is 0 Å². The van der Waals surface area contributed by atoms with Gasteiger partial charge < -0.3 is 0 Å². The second kappa shape index (κ2) is 7.79. The largest absolute Gasteiger partial charge is 0.256 e. The van der Waals surface area contributed by atoms with Gasteiger partial charge in [-0.25, -0.2) is 33.7 Å². The Morgan fingerprint density at radius 1 is 0.609 bits per heavy atom. The van der Waals surface area contributed by atoms with Crippen molar-refractivity contribution in [2.24, 2.45) is 0 Å². The quantitative estimate of drug-likeness (QED) is 0.472. The Labute approximate surface area is 138 Å². The van der Waals surface area contributed by atoms with Crippen LogP contribution in [0, 0.1) is 0 Å². The molecule has 0 spiro atoms. The normalized spacial score (nSPS) is 16.9. The van der Waals surface area contributed by atoms with E-state index in [0.717, 1.165) is 0 Å². The SMILES string of the molecule is CCC(C)S(=O)(=O)S(=O)(=O)CCCS(=O)(=O)S(=O)(=O)C(C)CC. The average molecular weight is 413 g/mol. The van der Waals surface area contributed by atoms with E-state index in [1.165, 1.54) is 27.7 Å². The molecular weight excluding hydrogens is 388 g/mol. The van der Waals surface area contributed by atoms with Gasteiger partial charge in [-0.1, -0.05) is 13.8 Å². The monoisotopic (exact) mass is 412 g/mol. The summed E-state index contributed by atoms with van der Waals surface area (Å²) in [5, 5.41) is -2.21. The van der Waals surface area contributed by atoms with Gasteiger partial charge in [0, 0.05) is 0 Å². The van der Waals surface area contributed by atoms with Crippen LogP contribution in [0.15, 0.2) is 0 Å². The molecule has 0 rings (SSSR count). The zero-order valence-corrected chi connectivity index (χ0v) is 16.9. The Balaban J connectivity index is 5.19. The molecule has 0 aliphatic carbocycles. The Kier molecular flexibility index (Phi) is 7.72. The van der Waals surface area contributed by atoms with Crippen molar-refractivity contribution in [1.82, 2.24) is 0 Å². The van der Waals surface area contributed by atoms with Crippen molar-refractivity contribution in [3.63, 3.8) is 0 Å². The van der Waals surface area contributed by atoms with E-state index in [0.29, 0.717) is 0 Å². The lowest BCUT2D eigenvalue weighted by atomic mass is 10.4. The maximum Gasteiger partial charge on any atom is 0.256 e. The summed E-state index contributed by atoms with van der Waals surface area (Å²) < 4.78 is 94.7. The highest BCUT2D eigenvalue weighted by Gasteiger charge is 2.37. The van der Waals surface area contributed by atoms with Crippen molar-refractivity contribution in [3.05, 3.63) is 0 Å². The van der Waals surface area contributed by atoms with Crippen LogP contribution in [0.3, 0.4) is 0 Å². The maximum atomic E-state index is 11.8. The Morgan fingerprint density at radius 3 is 1.09 bits per heavy atom. The molecule has 0 aromatic carbocycles. The molecule has 140 valence electrons. The fraction of sp³-hybridized carbons (Fsp3) is 1.00. The van der Waals surface area contributed by atoms with Crippen molar-refractivity contribution in [3.8, 4) is 0 Å². The standard InChI is InChI=1S/C11H24O8S4/c1-5-10(3)22(16,17)20(12,13)8-7-9-21(14,15)23(18,19)11(4)6-2/h10-11H,5-9H2,1-4H3. The van der Waals surface area contributed by atoms with Crippen LogP contribution in [0.2, 0.25) is 0 Å². The summed E-state index contributed by atoms with van der Waals surface area (Å²) in [5.41, 5.74) is 0. The third kappa shape index (κ3) is 4.89. The highest BCUT2D eigenvalue weighted by molar-refractivity contribution is 8.68. The summed E-state index contributed by atoms with van der Waals surface area (Å²) in [5.74, 6) is -1.84. The first-order chi connectivity index (χ1) is 10.2. The molecular formula is C11H24O8S4. The van der Waals surface area contributed by atoms with Gasteiger partial charge in [-0.3, -0.25) is 0 Å². The molecule has 0 radical (unpaired) electrons. The van der Waals surface area contributed by atoms with Gasteiger partial charge in [0.25, 0.3) is 35.5 Å². The summed E-state index contributed by atoms with van der Waals surface area (Å²) in [7, 11) is -18.0. The number of hydrogen-bond acceptors (Lipinski definition) is 8. The van der Waals surface area contributed by atoms with Crippen LogP contribution in [0.4, 0.5) is 0 Å². The van der Waals surface area contributed by atoms with E-state index in [1.807, 2.05) is 0 Å². The van der Waals surface area contributed by atoms with Gasteiger partial charge in [0.15, 0.2) is 0 Å². The first kappa shape index (κ1) is 22.8. The molecule has 2 unspecified atom stereocenters. The second-order valence-corrected chi connectivity index (χ2v) is 17.8. The predicted octanol–water partition coefficient (Wildman–Crippen LogP) is 0.463. The summed E-state index contributed by atoms with van der Waals surface area (Å²) in [6, 6.07) is 0. The van der Waals surface area contributed by atoms with Gasteiger partial charge in [-0.15, -0.1) is 0 Å². The summed E-state index contributed by atoms with van der Waals surface area (Å²) in [6.45, 7) is 5.52. The van der Waals surface area contributed by atoms with E-state index in [1.54, 1.807) is 0 Å². The highest BCUT2D eigenvalue weighted by Crippen LogP contribution is 2.18. The maximum absolute atomic E-state index is 11.8. The Bertz CT molecular complexity index is 733. The summed E-state index contributed by atoms with van der Waals surface area (Å²) in [6.07, 6.45) is -0.388. The molecule has 12 heteroatoms. The van der Waals surface area contributed by atoms with Crippen LogP contribution in [-0.4, -0.2) is 55.7 Å². The van der Waals surface area contributed by atoms with Crippen LogP contribution >= 0.6 is 0 Å². The fourth-order valence-corrected chi connectivity index (χ4v) is 10.9. The van der Waals surface area contributed by atoms with Crippen molar-refractivity contribution in [2.45, 2.75) is 57.5 Å². The number of hydrogen-bond donors (Lipinski definition) is 0. The topological polar surface area (TPSA) is 137 Å². The first-order valence-corrected chi connectivity index (χ1v) is 14.5.